The number of fused-ring (bicyclic) bond motifs is 1. The second-order valence-electron chi connectivity index (χ2n) is 8.24. The van der Waals surface area contributed by atoms with Crippen molar-refractivity contribution in [2.75, 3.05) is 0 Å². The number of carboxylic acid groups (broad SMARTS) is 1. The molecule has 0 aliphatic carbocycles. The van der Waals surface area contributed by atoms with E-state index in [4.69, 9.17) is 11.6 Å². The van der Waals surface area contributed by atoms with Gasteiger partial charge in [-0.05, 0) is 37.3 Å². The van der Waals surface area contributed by atoms with Gasteiger partial charge in [0.1, 0.15) is 16.5 Å². The third kappa shape index (κ3) is 4.89. The molecule has 2 N–H and O–H groups in total. The molecule has 2 aromatic carbocycles. The first kappa shape index (κ1) is 24.4. The summed E-state index contributed by atoms with van der Waals surface area (Å²) in [7, 11) is 0. The summed E-state index contributed by atoms with van der Waals surface area (Å²) in [5, 5.41) is 24.1. The van der Waals surface area contributed by atoms with Gasteiger partial charge in [-0.3, -0.25) is 14.2 Å². The summed E-state index contributed by atoms with van der Waals surface area (Å²) in [5.74, 6) is -1.14. The molecule has 5 rings (SSSR count). The summed E-state index contributed by atoms with van der Waals surface area (Å²) < 4.78 is 1.64. The molecule has 1 amide bonds. The lowest BCUT2D eigenvalue weighted by Gasteiger charge is -2.10. The molecule has 0 fully saturated rings. The summed E-state index contributed by atoms with van der Waals surface area (Å²) in [4.78, 5) is 41.1. The average Bonchev–Trinajstić information content (AvgIpc) is 3.58. The number of carboxylic acids is 1. The highest BCUT2D eigenvalue weighted by Gasteiger charge is 2.24. The van der Waals surface area contributed by atoms with Crippen molar-refractivity contribution in [3.8, 4) is 5.00 Å². The number of hydrogen-bond acceptors (Lipinski definition) is 7. The summed E-state index contributed by atoms with van der Waals surface area (Å²) in [6.45, 7) is 1.72. The van der Waals surface area contributed by atoms with Crippen molar-refractivity contribution in [2.45, 2.75) is 19.9 Å². The van der Waals surface area contributed by atoms with Crippen LogP contribution in [-0.4, -0.2) is 37.4 Å². The van der Waals surface area contributed by atoms with Crippen LogP contribution in [0.4, 0.5) is 0 Å². The van der Waals surface area contributed by atoms with Crippen LogP contribution in [0.3, 0.4) is 0 Å². The van der Waals surface area contributed by atoms with Crippen molar-refractivity contribution in [1.29, 1.82) is 0 Å². The predicted octanol–water partition coefficient (Wildman–Crippen LogP) is 3.23. The molecule has 0 bridgehead atoms. The molecule has 9 nitrogen and oxygen atoms in total. The maximum atomic E-state index is 13.5. The number of aryl methyl sites for hydroxylation is 1. The monoisotopic (exact) mass is 532 g/mol. The number of hydrogen-bond donors (Lipinski definition) is 2. The number of carbonyl (C=O) groups is 3. The van der Waals surface area contributed by atoms with Gasteiger partial charge in [-0.25, -0.2) is 0 Å². The van der Waals surface area contributed by atoms with E-state index in [1.165, 1.54) is 6.07 Å². The SMILES string of the molecule is Cc1nnc(CNC(=O)c2cc3ccccc3[nH]2)n1-c1sc(CC(=O)[O-])cc1C(=O)c1ccccc1Cl. The van der Waals surface area contributed by atoms with E-state index in [0.29, 0.717) is 27.2 Å². The van der Waals surface area contributed by atoms with E-state index >= 15 is 0 Å². The van der Waals surface area contributed by atoms with Gasteiger partial charge in [0.2, 0.25) is 0 Å². The number of H-pyrrole nitrogens is 1. The minimum Gasteiger partial charge on any atom is -0.550 e. The molecule has 0 aliphatic heterocycles. The zero-order chi connectivity index (χ0) is 26.1. The molecule has 0 saturated heterocycles. The number of nitrogens with one attached hydrogen (secondary N) is 2. The number of halogens is 1. The third-order valence-corrected chi connectivity index (χ3v) is 7.17. The molecule has 0 saturated carbocycles. The number of rotatable bonds is 8. The molecular weight excluding hydrogens is 514 g/mol. The number of thiophene rings is 1. The molecule has 5 aromatic rings. The maximum Gasteiger partial charge on any atom is 0.268 e. The molecule has 0 radical (unpaired) electrons. The Morgan fingerprint density at radius 3 is 2.57 bits per heavy atom. The van der Waals surface area contributed by atoms with Gasteiger partial charge in [0.15, 0.2) is 11.6 Å². The van der Waals surface area contributed by atoms with Crippen LogP contribution in [0.2, 0.25) is 5.02 Å². The number of nitrogens with zero attached hydrogens (tertiary/aromatic N) is 3. The summed E-state index contributed by atoms with van der Waals surface area (Å²) in [5.41, 5.74) is 1.77. The third-order valence-electron chi connectivity index (χ3n) is 5.72. The van der Waals surface area contributed by atoms with Crippen LogP contribution in [0.25, 0.3) is 15.9 Å². The first-order valence-corrected chi connectivity index (χ1v) is 12.4. The first-order valence-electron chi connectivity index (χ1n) is 11.2. The zero-order valence-corrected chi connectivity index (χ0v) is 21.0. The fourth-order valence-corrected chi connectivity index (χ4v) is 5.44. The van der Waals surface area contributed by atoms with E-state index < -0.39 is 5.97 Å². The van der Waals surface area contributed by atoms with Gasteiger partial charge in [0, 0.05) is 33.7 Å². The van der Waals surface area contributed by atoms with Crippen LogP contribution in [0.1, 0.15) is 42.9 Å². The molecule has 0 unspecified atom stereocenters. The van der Waals surface area contributed by atoms with Gasteiger partial charge in [-0.15, -0.1) is 21.5 Å². The molecule has 0 spiro atoms. The van der Waals surface area contributed by atoms with Crippen molar-refractivity contribution in [1.82, 2.24) is 25.1 Å². The Kier molecular flexibility index (Phi) is 6.60. The molecule has 37 heavy (non-hydrogen) atoms. The van der Waals surface area contributed by atoms with Crippen molar-refractivity contribution in [3.05, 3.63) is 99.0 Å². The van der Waals surface area contributed by atoms with Gasteiger partial charge in [-0.1, -0.05) is 41.9 Å². The topological polar surface area (TPSA) is 133 Å². The Morgan fingerprint density at radius 2 is 1.81 bits per heavy atom. The average molecular weight is 533 g/mol. The quantitative estimate of drug-likeness (QED) is 0.295. The van der Waals surface area contributed by atoms with E-state index in [-0.39, 0.29) is 40.8 Å². The lowest BCUT2D eigenvalue weighted by atomic mass is 10.0. The van der Waals surface area contributed by atoms with Crippen LogP contribution < -0.4 is 10.4 Å². The summed E-state index contributed by atoms with van der Waals surface area (Å²) in [6, 6.07) is 17.5. The smallest absolute Gasteiger partial charge is 0.268 e. The van der Waals surface area contributed by atoms with E-state index in [2.05, 4.69) is 20.5 Å². The molecule has 186 valence electrons. The Hall–Kier alpha value is -4.28. The maximum absolute atomic E-state index is 13.5. The Morgan fingerprint density at radius 1 is 1.05 bits per heavy atom. The normalized spacial score (nSPS) is 11.1. The lowest BCUT2D eigenvalue weighted by Crippen LogP contribution is -2.25. The van der Waals surface area contributed by atoms with Crippen molar-refractivity contribution in [3.63, 3.8) is 0 Å². The number of ketones is 1. The molecule has 0 atom stereocenters. The van der Waals surface area contributed by atoms with Crippen molar-refractivity contribution in [2.24, 2.45) is 0 Å². The first-order chi connectivity index (χ1) is 17.8. The highest BCUT2D eigenvalue weighted by molar-refractivity contribution is 7.15. The minimum atomic E-state index is -1.27. The molecule has 3 aromatic heterocycles. The number of aromatic nitrogens is 4. The Bertz CT molecular complexity index is 1640. The van der Waals surface area contributed by atoms with E-state index in [1.807, 2.05) is 24.3 Å². The van der Waals surface area contributed by atoms with Crippen LogP contribution >= 0.6 is 22.9 Å². The lowest BCUT2D eigenvalue weighted by molar-refractivity contribution is -0.304. The minimum absolute atomic E-state index is 0.0164. The van der Waals surface area contributed by atoms with Gasteiger partial charge in [0.25, 0.3) is 5.91 Å². The van der Waals surface area contributed by atoms with Gasteiger partial charge < -0.3 is 20.2 Å². The molecule has 3 heterocycles. The number of aliphatic carboxylic acids is 1. The van der Waals surface area contributed by atoms with Crippen molar-refractivity contribution < 1.29 is 19.5 Å². The number of amides is 1. The van der Waals surface area contributed by atoms with Crippen LogP contribution in [0.5, 0.6) is 0 Å². The highest BCUT2D eigenvalue weighted by Crippen LogP contribution is 2.32. The van der Waals surface area contributed by atoms with Crippen LogP contribution in [0, 0.1) is 6.92 Å². The van der Waals surface area contributed by atoms with E-state index in [1.54, 1.807) is 41.8 Å². The fourth-order valence-electron chi connectivity index (χ4n) is 4.02. The Balaban J connectivity index is 1.48. The van der Waals surface area contributed by atoms with E-state index in [9.17, 15) is 19.5 Å². The van der Waals surface area contributed by atoms with Crippen LogP contribution in [0.15, 0.2) is 60.7 Å². The zero-order valence-electron chi connectivity index (χ0n) is 19.4. The van der Waals surface area contributed by atoms with Crippen LogP contribution in [-0.2, 0) is 17.8 Å². The summed E-state index contributed by atoms with van der Waals surface area (Å²) in [6.07, 6.45) is -0.360. The molecule has 11 heteroatoms. The van der Waals surface area contributed by atoms with Crippen molar-refractivity contribution >= 4 is 51.5 Å². The van der Waals surface area contributed by atoms with Gasteiger partial charge in [-0.2, -0.15) is 0 Å². The number of aromatic amines is 1. The van der Waals surface area contributed by atoms with Gasteiger partial charge in [0.05, 0.1) is 17.1 Å². The second kappa shape index (κ2) is 10.00. The predicted molar refractivity (Wildman–Crippen MR) is 137 cm³/mol. The second-order valence-corrected chi connectivity index (χ2v) is 9.76. The highest BCUT2D eigenvalue weighted by atomic mass is 35.5. The molecule has 0 aliphatic rings. The van der Waals surface area contributed by atoms with Gasteiger partial charge >= 0.3 is 0 Å². The summed E-state index contributed by atoms with van der Waals surface area (Å²) >= 11 is 7.38. The van der Waals surface area contributed by atoms with E-state index in [0.717, 1.165) is 22.2 Å². The number of benzene rings is 2. The number of carbonyl (C=O) groups excluding carboxylic acids is 3. The number of para-hydroxylation sites is 1. The largest absolute Gasteiger partial charge is 0.550 e. The standard InChI is InChI=1S/C26H20ClN5O4S/c1-14-30-31-22(13-28-25(36)21-10-15-6-2-5-9-20(15)29-21)32(14)26-18(11-16(37-26)12-23(33)34)24(35)17-7-3-4-8-19(17)27/h2-11,29H,12-13H2,1H3,(H,28,36)(H,33,34)/p-1. The molecular formula is C26H19ClN5O4S-. The Labute approximate surface area is 219 Å². The fraction of sp³-hybridized carbons (Fsp3) is 0.115.